The molecule has 0 atom stereocenters. The Morgan fingerprint density at radius 1 is 1.00 bits per heavy atom. The molecule has 0 fully saturated rings. The summed E-state index contributed by atoms with van der Waals surface area (Å²) >= 11 is 6.72. The van der Waals surface area contributed by atoms with Crippen LogP contribution in [0, 0.1) is 0 Å². The van der Waals surface area contributed by atoms with Crippen LogP contribution in [0.5, 0.6) is 0 Å². The highest BCUT2D eigenvalue weighted by molar-refractivity contribution is 9.11. The molecule has 0 aliphatic carbocycles. The first-order chi connectivity index (χ1) is 9.95. The van der Waals surface area contributed by atoms with Crippen LogP contribution < -0.4 is 10.6 Å². The van der Waals surface area contributed by atoms with E-state index in [0.717, 1.165) is 8.95 Å². The van der Waals surface area contributed by atoms with Crippen LogP contribution in [0.3, 0.4) is 0 Å². The number of anilines is 2. The lowest BCUT2D eigenvalue weighted by atomic mass is 10.1. The first kappa shape index (κ1) is 15.7. The Kier molecular flexibility index (Phi) is 5.14. The molecule has 2 rings (SSSR count). The third-order valence-corrected chi connectivity index (χ3v) is 3.86. The van der Waals surface area contributed by atoms with Gasteiger partial charge in [-0.3, -0.25) is 4.79 Å². The lowest BCUT2D eigenvalue weighted by molar-refractivity contribution is 0.101. The quantitative estimate of drug-likeness (QED) is 0.693. The van der Waals surface area contributed by atoms with Crippen molar-refractivity contribution in [2.45, 2.75) is 6.92 Å². The molecule has 0 aliphatic heterocycles. The lowest BCUT2D eigenvalue weighted by Gasteiger charge is -2.10. The van der Waals surface area contributed by atoms with Crippen LogP contribution in [0.2, 0.25) is 0 Å². The van der Waals surface area contributed by atoms with Gasteiger partial charge in [-0.1, -0.05) is 28.1 Å². The summed E-state index contributed by atoms with van der Waals surface area (Å²) in [4.78, 5) is 23.3. The molecule has 6 heteroatoms. The number of Topliss-reactive ketones (excluding diaryl/α,β-unsaturated/α-hetero) is 1. The number of halogens is 2. The molecule has 21 heavy (non-hydrogen) atoms. The van der Waals surface area contributed by atoms with Crippen molar-refractivity contribution in [2.24, 2.45) is 0 Å². The molecule has 0 aliphatic rings. The predicted octanol–water partition coefficient (Wildman–Crippen LogP) is 5.06. The SMILES string of the molecule is CC(=O)c1cccc(NC(=O)Nc2ccc(Br)cc2Br)c1. The van der Waals surface area contributed by atoms with Gasteiger partial charge in [-0.25, -0.2) is 4.79 Å². The average Bonchev–Trinajstić information content (AvgIpc) is 2.42. The van der Waals surface area contributed by atoms with Gasteiger partial charge in [0.05, 0.1) is 5.69 Å². The molecule has 0 aromatic heterocycles. The van der Waals surface area contributed by atoms with Gasteiger partial charge in [0.25, 0.3) is 0 Å². The number of carbonyl (C=O) groups is 2. The first-order valence-corrected chi connectivity index (χ1v) is 7.68. The summed E-state index contributed by atoms with van der Waals surface area (Å²) in [5.74, 6) is -0.0466. The highest BCUT2D eigenvalue weighted by Gasteiger charge is 2.07. The minimum Gasteiger partial charge on any atom is -0.308 e. The van der Waals surface area contributed by atoms with E-state index in [9.17, 15) is 9.59 Å². The van der Waals surface area contributed by atoms with Crippen molar-refractivity contribution < 1.29 is 9.59 Å². The number of amides is 2. The van der Waals surface area contributed by atoms with Gasteiger partial charge in [0.1, 0.15) is 0 Å². The van der Waals surface area contributed by atoms with Crippen LogP contribution >= 0.6 is 31.9 Å². The number of rotatable bonds is 3. The molecule has 0 spiro atoms. The maximum absolute atomic E-state index is 12.0. The number of hydrogen-bond donors (Lipinski definition) is 2. The van der Waals surface area contributed by atoms with E-state index in [4.69, 9.17) is 0 Å². The fourth-order valence-corrected chi connectivity index (χ4v) is 2.84. The molecule has 0 saturated heterocycles. The number of carbonyl (C=O) groups excluding carboxylic acids is 2. The summed E-state index contributed by atoms with van der Waals surface area (Å²) < 4.78 is 1.68. The Bertz CT molecular complexity index is 702. The predicted molar refractivity (Wildman–Crippen MR) is 90.9 cm³/mol. The Hall–Kier alpha value is -1.66. The number of ketones is 1. The van der Waals surface area contributed by atoms with Crippen LogP contribution in [0.15, 0.2) is 51.4 Å². The van der Waals surface area contributed by atoms with Gasteiger partial charge in [0.15, 0.2) is 5.78 Å². The van der Waals surface area contributed by atoms with E-state index < -0.39 is 0 Å². The number of benzene rings is 2. The Balaban J connectivity index is 2.08. The van der Waals surface area contributed by atoms with E-state index in [0.29, 0.717) is 16.9 Å². The smallest absolute Gasteiger partial charge is 0.308 e. The van der Waals surface area contributed by atoms with Crippen molar-refractivity contribution in [2.75, 3.05) is 10.6 Å². The molecule has 2 amide bonds. The molecule has 0 radical (unpaired) electrons. The number of nitrogens with one attached hydrogen (secondary N) is 2. The second kappa shape index (κ2) is 6.87. The van der Waals surface area contributed by atoms with E-state index in [1.165, 1.54) is 6.92 Å². The molecule has 2 aromatic carbocycles. The summed E-state index contributed by atoms with van der Waals surface area (Å²) in [5.41, 5.74) is 1.77. The summed E-state index contributed by atoms with van der Waals surface area (Å²) in [5, 5.41) is 5.42. The van der Waals surface area contributed by atoms with Gasteiger partial charge < -0.3 is 10.6 Å². The molecule has 0 bridgehead atoms. The molecular weight excluding hydrogens is 400 g/mol. The Morgan fingerprint density at radius 3 is 2.43 bits per heavy atom. The highest BCUT2D eigenvalue weighted by atomic mass is 79.9. The summed E-state index contributed by atoms with van der Waals surface area (Å²) in [6.07, 6.45) is 0. The molecule has 0 saturated carbocycles. The van der Waals surface area contributed by atoms with Gasteiger partial charge in [-0.15, -0.1) is 0 Å². The van der Waals surface area contributed by atoms with Crippen LogP contribution in [-0.4, -0.2) is 11.8 Å². The maximum atomic E-state index is 12.0. The standard InChI is InChI=1S/C15H12Br2N2O2/c1-9(20)10-3-2-4-12(7-10)18-15(21)19-14-6-5-11(16)8-13(14)17/h2-8H,1H3,(H2,18,19,21). The van der Waals surface area contributed by atoms with Crippen molar-refractivity contribution >= 4 is 55.0 Å². The minimum absolute atomic E-state index is 0.0466. The van der Waals surface area contributed by atoms with Crippen molar-refractivity contribution in [3.05, 3.63) is 57.0 Å². The topological polar surface area (TPSA) is 58.2 Å². The van der Waals surface area contributed by atoms with Crippen LogP contribution in [-0.2, 0) is 0 Å². The monoisotopic (exact) mass is 410 g/mol. The molecule has 2 N–H and O–H groups in total. The largest absolute Gasteiger partial charge is 0.323 e. The second-order valence-corrected chi connectivity index (χ2v) is 6.11. The van der Waals surface area contributed by atoms with Crippen LogP contribution in [0.1, 0.15) is 17.3 Å². The third-order valence-electron chi connectivity index (χ3n) is 2.71. The lowest BCUT2D eigenvalue weighted by Crippen LogP contribution is -2.19. The van der Waals surface area contributed by atoms with E-state index in [1.807, 2.05) is 12.1 Å². The normalized spacial score (nSPS) is 10.0. The fourth-order valence-electron chi connectivity index (χ4n) is 1.69. The fraction of sp³-hybridized carbons (Fsp3) is 0.0667. The van der Waals surface area contributed by atoms with Gasteiger partial charge in [-0.2, -0.15) is 0 Å². The third kappa shape index (κ3) is 4.41. The summed E-state index contributed by atoms with van der Waals surface area (Å²) in [6.45, 7) is 1.48. The van der Waals surface area contributed by atoms with Crippen molar-refractivity contribution in [3.8, 4) is 0 Å². The van der Waals surface area contributed by atoms with Gasteiger partial charge >= 0.3 is 6.03 Å². The molecule has 108 valence electrons. The number of hydrogen-bond acceptors (Lipinski definition) is 2. The van der Waals surface area contributed by atoms with Gasteiger partial charge in [0.2, 0.25) is 0 Å². The van der Waals surface area contributed by atoms with E-state index >= 15 is 0 Å². The Labute approximate surface area is 139 Å². The maximum Gasteiger partial charge on any atom is 0.323 e. The molecule has 4 nitrogen and oxygen atoms in total. The van der Waals surface area contributed by atoms with Crippen molar-refractivity contribution in [1.29, 1.82) is 0 Å². The molecule has 0 heterocycles. The molecule has 2 aromatic rings. The van der Waals surface area contributed by atoms with Crippen molar-refractivity contribution in [3.63, 3.8) is 0 Å². The van der Waals surface area contributed by atoms with E-state index in [1.54, 1.807) is 30.3 Å². The average molecular weight is 412 g/mol. The van der Waals surface area contributed by atoms with Crippen molar-refractivity contribution in [1.82, 2.24) is 0 Å². The first-order valence-electron chi connectivity index (χ1n) is 6.10. The molecular formula is C15H12Br2N2O2. The van der Waals surface area contributed by atoms with Gasteiger partial charge in [0, 0.05) is 20.2 Å². The minimum atomic E-state index is -0.376. The zero-order chi connectivity index (χ0) is 15.4. The highest BCUT2D eigenvalue weighted by Crippen LogP contribution is 2.26. The zero-order valence-corrected chi connectivity index (χ0v) is 14.3. The number of urea groups is 1. The van der Waals surface area contributed by atoms with Crippen LogP contribution in [0.4, 0.5) is 16.2 Å². The summed E-state index contributed by atoms with van der Waals surface area (Å²) in [6, 6.07) is 11.9. The van der Waals surface area contributed by atoms with Crippen LogP contribution in [0.25, 0.3) is 0 Å². The van der Waals surface area contributed by atoms with Gasteiger partial charge in [-0.05, 0) is 53.2 Å². The van der Waals surface area contributed by atoms with E-state index in [2.05, 4.69) is 42.5 Å². The zero-order valence-electron chi connectivity index (χ0n) is 11.1. The molecule has 0 unspecified atom stereocenters. The Morgan fingerprint density at radius 2 is 1.76 bits per heavy atom. The summed E-state index contributed by atoms with van der Waals surface area (Å²) in [7, 11) is 0. The van der Waals surface area contributed by atoms with E-state index in [-0.39, 0.29) is 11.8 Å². The second-order valence-electron chi connectivity index (χ2n) is 4.34.